The molecule has 0 aromatic heterocycles. The van der Waals surface area contributed by atoms with Crippen molar-refractivity contribution in [2.75, 3.05) is 0 Å². The molecule has 1 atom stereocenters. The van der Waals surface area contributed by atoms with Gasteiger partial charge >= 0.3 is 5.97 Å². The van der Waals surface area contributed by atoms with Crippen molar-refractivity contribution in [2.45, 2.75) is 13.0 Å². The van der Waals surface area contributed by atoms with E-state index < -0.39 is 12.1 Å². The molecule has 0 heterocycles. The van der Waals surface area contributed by atoms with E-state index in [-0.39, 0.29) is 0 Å². The molecule has 4 nitrogen and oxygen atoms in total. The Balaban J connectivity index is 2.09. The Morgan fingerprint density at radius 3 is 2.33 bits per heavy atom. The number of aliphatic carboxylic acids is 1. The monoisotopic (exact) mass is 326 g/mol. The molecular weight excluding hydrogens is 315 g/mol. The molecule has 6 heteroatoms. The van der Waals surface area contributed by atoms with E-state index >= 15 is 0 Å². The van der Waals surface area contributed by atoms with Gasteiger partial charge in [-0.2, -0.15) is 0 Å². The predicted octanol–water partition coefficient (Wildman–Crippen LogP) is 4.64. The zero-order valence-electron chi connectivity index (χ0n) is 11.0. The molecular formula is C15H12Cl2O4. The van der Waals surface area contributed by atoms with Gasteiger partial charge in [0, 0.05) is 11.1 Å². The second-order valence-electron chi connectivity index (χ2n) is 4.25. The molecule has 21 heavy (non-hydrogen) atoms. The fraction of sp³-hybridized carbons (Fsp3) is 0.133. The summed E-state index contributed by atoms with van der Waals surface area (Å²) in [5.41, 5.74) is 0. The second kappa shape index (κ2) is 6.70. The van der Waals surface area contributed by atoms with Crippen LogP contribution in [0.2, 0.25) is 10.0 Å². The average Bonchev–Trinajstić information content (AvgIpc) is 2.45. The van der Waals surface area contributed by atoms with Gasteiger partial charge in [-0.1, -0.05) is 23.2 Å². The highest BCUT2D eigenvalue weighted by molar-refractivity contribution is 6.34. The lowest BCUT2D eigenvalue weighted by atomic mass is 10.3. The van der Waals surface area contributed by atoms with Crippen LogP contribution in [0.3, 0.4) is 0 Å². The van der Waals surface area contributed by atoms with Crippen LogP contribution in [0.4, 0.5) is 0 Å². The molecule has 0 saturated carbocycles. The Bertz CT molecular complexity index is 641. The van der Waals surface area contributed by atoms with E-state index in [2.05, 4.69) is 0 Å². The highest BCUT2D eigenvalue weighted by atomic mass is 35.5. The van der Waals surface area contributed by atoms with Crippen LogP contribution in [-0.4, -0.2) is 17.2 Å². The Morgan fingerprint density at radius 2 is 1.71 bits per heavy atom. The van der Waals surface area contributed by atoms with Crippen LogP contribution in [0.5, 0.6) is 17.2 Å². The standard InChI is InChI=1S/C15H12Cl2O4/c1-9(15(18)19)20-11-3-5-12(6-4-11)21-14-8-10(16)2-7-13(14)17/h2-9H,1H3,(H,18,19). The SMILES string of the molecule is CC(Oc1ccc(Oc2cc(Cl)ccc2Cl)cc1)C(=O)O. The Labute approximate surface area is 131 Å². The number of hydrogen-bond acceptors (Lipinski definition) is 3. The molecule has 1 N–H and O–H groups in total. The Kier molecular flexibility index (Phi) is 4.94. The fourth-order valence-corrected chi connectivity index (χ4v) is 1.84. The number of hydrogen-bond donors (Lipinski definition) is 1. The summed E-state index contributed by atoms with van der Waals surface area (Å²) >= 11 is 11.9. The third-order valence-corrected chi connectivity index (χ3v) is 3.15. The molecule has 2 rings (SSSR count). The van der Waals surface area contributed by atoms with Gasteiger partial charge in [-0.05, 0) is 43.3 Å². The lowest BCUT2D eigenvalue weighted by Crippen LogP contribution is -2.22. The summed E-state index contributed by atoms with van der Waals surface area (Å²) in [6, 6.07) is 11.5. The van der Waals surface area contributed by atoms with Gasteiger partial charge < -0.3 is 14.6 Å². The summed E-state index contributed by atoms with van der Waals surface area (Å²) in [6.45, 7) is 1.46. The van der Waals surface area contributed by atoms with E-state index in [1.807, 2.05) is 0 Å². The number of benzene rings is 2. The van der Waals surface area contributed by atoms with E-state index in [0.29, 0.717) is 27.3 Å². The van der Waals surface area contributed by atoms with Crippen molar-refractivity contribution < 1.29 is 19.4 Å². The lowest BCUT2D eigenvalue weighted by molar-refractivity contribution is -0.144. The molecule has 2 aromatic carbocycles. The van der Waals surface area contributed by atoms with E-state index in [4.69, 9.17) is 37.8 Å². The van der Waals surface area contributed by atoms with Crippen molar-refractivity contribution in [3.05, 3.63) is 52.5 Å². The molecule has 1 unspecified atom stereocenters. The highest BCUT2D eigenvalue weighted by Gasteiger charge is 2.12. The Hall–Kier alpha value is -1.91. The van der Waals surface area contributed by atoms with Crippen molar-refractivity contribution in [3.63, 3.8) is 0 Å². The quantitative estimate of drug-likeness (QED) is 0.869. The van der Waals surface area contributed by atoms with Gasteiger partial charge in [-0.15, -0.1) is 0 Å². The summed E-state index contributed by atoms with van der Waals surface area (Å²) in [6.07, 6.45) is -0.917. The van der Waals surface area contributed by atoms with Crippen LogP contribution in [0.15, 0.2) is 42.5 Å². The fourth-order valence-electron chi connectivity index (χ4n) is 1.52. The van der Waals surface area contributed by atoms with Gasteiger partial charge in [0.2, 0.25) is 0 Å². The van der Waals surface area contributed by atoms with Crippen molar-refractivity contribution in [3.8, 4) is 17.2 Å². The first kappa shape index (κ1) is 15.5. The third kappa shape index (κ3) is 4.28. The molecule has 0 radical (unpaired) electrons. The summed E-state index contributed by atoms with van der Waals surface area (Å²) in [5.74, 6) is 0.390. The highest BCUT2D eigenvalue weighted by Crippen LogP contribution is 2.32. The molecule has 0 fully saturated rings. The van der Waals surface area contributed by atoms with Crippen molar-refractivity contribution in [1.29, 1.82) is 0 Å². The van der Waals surface area contributed by atoms with Crippen molar-refractivity contribution >= 4 is 29.2 Å². The number of carboxylic acids is 1. The first-order valence-corrected chi connectivity index (χ1v) is 6.84. The molecule has 0 saturated heterocycles. The van der Waals surface area contributed by atoms with E-state index in [0.717, 1.165) is 0 Å². The van der Waals surface area contributed by atoms with Crippen LogP contribution in [0.25, 0.3) is 0 Å². The van der Waals surface area contributed by atoms with Gasteiger partial charge in [0.1, 0.15) is 17.2 Å². The van der Waals surface area contributed by atoms with Crippen LogP contribution in [0.1, 0.15) is 6.92 Å². The first-order valence-electron chi connectivity index (χ1n) is 6.08. The molecule has 0 amide bonds. The number of halogens is 2. The minimum Gasteiger partial charge on any atom is -0.479 e. The van der Waals surface area contributed by atoms with Gasteiger partial charge in [-0.25, -0.2) is 4.79 Å². The maximum absolute atomic E-state index is 10.7. The second-order valence-corrected chi connectivity index (χ2v) is 5.09. The Morgan fingerprint density at radius 1 is 1.10 bits per heavy atom. The van der Waals surface area contributed by atoms with Gasteiger partial charge in [0.05, 0.1) is 5.02 Å². The normalized spacial score (nSPS) is 11.8. The van der Waals surface area contributed by atoms with Gasteiger partial charge in [0.25, 0.3) is 0 Å². The van der Waals surface area contributed by atoms with E-state index in [1.54, 1.807) is 42.5 Å². The topological polar surface area (TPSA) is 55.8 Å². The van der Waals surface area contributed by atoms with Gasteiger partial charge in [-0.3, -0.25) is 0 Å². The zero-order chi connectivity index (χ0) is 15.4. The minimum atomic E-state index is -1.03. The number of ether oxygens (including phenoxy) is 2. The maximum Gasteiger partial charge on any atom is 0.344 e. The minimum absolute atomic E-state index is 0.439. The predicted molar refractivity (Wildman–Crippen MR) is 80.7 cm³/mol. The molecule has 0 aliphatic carbocycles. The van der Waals surface area contributed by atoms with Gasteiger partial charge in [0.15, 0.2) is 6.10 Å². The number of carbonyl (C=O) groups is 1. The molecule has 0 aliphatic rings. The van der Waals surface area contributed by atoms with Crippen LogP contribution in [-0.2, 0) is 4.79 Å². The van der Waals surface area contributed by atoms with E-state index in [9.17, 15) is 4.79 Å². The molecule has 0 aliphatic heterocycles. The largest absolute Gasteiger partial charge is 0.479 e. The number of carboxylic acid groups (broad SMARTS) is 1. The first-order chi connectivity index (χ1) is 9.95. The molecule has 0 spiro atoms. The van der Waals surface area contributed by atoms with Crippen LogP contribution < -0.4 is 9.47 Å². The maximum atomic E-state index is 10.7. The average molecular weight is 327 g/mol. The third-order valence-electron chi connectivity index (χ3n) is 2.61. The summed E-state index contributed by atoms with van der Waals surface area (Å²) in [4.78, 5) is 10.7. The molecule has 0 bridgehead atoms. The lowest BCUT2D eigenvalue weighted by Gasteiger charge is -2.11. The van der Waals surface area contributed by atoms with Crippen molar-refractivity contribution in [1.82, 2.24) is 0 Å². The molecule has 110 valence electrons. The van der Waals surface area contributed by atoms with Crippen LogP contribution in [0, 0.1) is 0 Å². The van der Waals surface area contributed by atoms with Crippen molar-refractivity contribution in [2.24, 2.45) is 0 Å². The molecule has 2 aromatic rings. The zero-order valence-corrected chi connectivity index (χ0v) is 12.6. The summed E-state index contributed by atoms with van der Waals surface area (Å²) in [7, 11) is 0. The summed E-state index contributed by atoms with van der Waals surface area (Å²) < 4.78 is 10.8. The summed E-state index contributed by atoms with van der Waals surface area (Å²) in [5, 5.41) is 9.73. The number of rotatable bonds is 5. The van der Waals surface area contributed by atoms with Crippen LogP contribution >= 0.6 is 23.2 Å². The van der Waals surface area contributed by atoms with E-state index in [1.165, 1.54) is 6.92 Å². The smallest absolute Gasteiger partial charge is 0.344 e.